The molecule has 1 fully saturated rings. The average molecular weight is 342 g/mol. The van der Waals surface area contributed by atoms with Crippen LogP contribution < -0.4 is 0 Å². The summed E-state index contributed by atoms with van der Waals surface area (Å²) in [6.45, 7) is 6.91. The van der Waals surface area contributed by atoms with Crippen LogP contribution >= 0.6 is 11.3 Å². The Hall–Kier alpha value is -0.970. The quantitative estimate of drug-likeness (QED) is 0.825. The normalized spacial score (nSPS) is 21.7. The highest BCUT2D eigenvalue weighted by Crippen LogP contribution is 2.32. The van der Waals surface area contributed by atoms with Crippen molar-refractivity contribution >= 4 is 21.4 Å². The molecule has 0 aromatic carbocycles. The van der Waals surface area contributed by atoms with E-state index in [9.17, 15) is 8.42 Å². The molecule has 0 radical (unpaired) electrons. The fourth-order valence-electron chi connectivity index (χ4n) is 2.68. The molecule has 0 aliphatic carbocycles. The Morgan fingerprint density at radius 2 is 2.27 bits per heavy atom. The van der Waals surface area contributed by atoms with Gasteiger partial charge in [-0.2, -0.15) is 5.26 Å². The summed E-state index contributed by atoms with van der Waals surface area (Å²) in [6.07, 6.45) is 2.11. The Morgan fingerprint density at radius 3 is 2.82 bits per heavy atom. The summed E-state index contributed by atoms with van der Waals surface area (Å²) >= 11 is 1.62. The van der Waals surface area contributed by atoms with Gasteiger partial charge in [-0.05, 0) is 25.2 Å². The van der Waals surface area contributed by atoms with E-state index in [-0.39, 0.29) is 5.92 Å². The molecule has 0 N–H and O–H groups in total. The lowest BCUT2D eigenvalue weighted by Gasteiger charge is -2.32. The van der Waals surface area contributed by atoms with Gasteiger partial charge in [-0.15, -0.1) is 11.3 Å². The lowest BCUT2D eigenvalue weighted by atomic mass is 10.0. The number of thiazole rings is 1. The van der Waals surface area contributed by atoms with Crippen LogP contribution in [0.2, 0.25) is 0 Å². The van der Waals surface area contributed by atoms with E-state index in [1.165, 1.54) is 4.31 Å². The van der Waals surface area contributed by atoms with Gasteiger partial charge in [0.05, 0.1) is 16.8 Å². The van der Waals surface area contributed by atoms with E-state index in [1.54, 1.807) is 18.3 Å². The van der Waals surface area contributed by atoms with Crippen molar-refractivity contribution in [2.24, 2.45) is 0 Å². The Balaban J connectivity index is 2.16. The zero-order valence-electron chi connectivity index (χ0n) is 13.3. The Bertz CT molecular complexity index is 646. The summed E-state index contributed by atoms with van der Waals surface area (Å²) in [5.41, 5.74) is 1.07. The van der Waals surface area contributed by atoms with Crippen molar-refractivity contribution in [2.75, 3.05) is 13.1 Å². The van der Waals surface area contributed by atoms with Gasteiger partial charge in [0.2, 0.25) is 10.0 Å². The molecule has 1 aromatic rings. The second-order valence-corrected chi connectivity index (χ2v) is 9.04. The van der Waals surface area contributed by atoms with Crippen molar-refractivity contribution in [1.29, 1.82) is 5.26 Å². The predicted molar refractivity (Wildman–Crippen MR) is 88.4 cm³/mol. The number of nitriles is 1. The minimum atomic E-state index is -3.53. The molecule has 0 amide bonds. The van der Waals surface area contributed by atoms with Crippen molar-refractivity contribution in [3.63, 3.8) is 0 Å². The fraction of sp³-hybridized carbons (Fsp3) is 0.733. The van der Waals surface area contributed by atoms with Crippen molar-refractivity contribution in [3.05, 3.63) is 16.1 Å². The summed E-state index contributed by atoms with van der Waals surface area (Å²) in [7, 11) is -3.53. The largest absolute Gasteiger partial charge is 0.246 e. The van der Waals surface area contributed by atoms with Gasteiger partial charge in [0, 0.05) is 24.4 Å². The van der Waals surface area contributed by atoms with Gasteiger partial charge < -0.3 is 0 Å². The topological polar surface area (TPSA) is 74.1 Å². The minimum Gasteiger partial charge on any atom is -0.246 e. The smallest absolute Gasteiger partial charge is 0.230 e. The first-order chi connectivity index (χ1) is 10.4. The molecule has 0 bridgehead atoms. The molecule has 0 spiro atoms. The van der Waals surface area contributed by atoms with Crippen molar-refractivity contribution in [2.45, 2.75) is 57.1 Å². The molecule has 5 nitrogen and oxygen atoms in total. The van der Waals surface area contributed by atoms with E-state index < -0.39 is 15.3 Å². The van der Waals surface area contributed by atoms with Crippen molar-refractivity contribution in [3.8, 4) is 6.07 Å². The summed E-state index contributed by atoms with van der Waals surface area (Å²) in [5, 5.41) is 11.2. The lowest BCUT2D eigenvalue weighted by molar-refractivity contribution is 0.313. The number of hydrogen-bond acceptors (Lipinski definition) is 5. The van der Waals surface area contributed by atoms with E-state index in [4.69, 9.17) is 5.26 Å². The molecule has 1 aliphatic heterocycles. The van der Waals surface area contributed by atoms with Crippen molar-refractivity contribution in [1.82, 2.24) is 9.29 Å². The van der Waals surface area contributed by atoms with Gasteiger partial charge >= 0.3 is 0 Å². The third kappa shape index (κ3) is 3.50. The van der Waals surface area contributed by atoms with Crippen molar-refractivity contribution < 1.29 is 8.42 Å². The second kappa shape index (κ2) is 7.07. The Kier molecular flexibility index (Phi) is 5.59. The molecule has 2 rings (SSSR count). The SMILES string of the molecule is CC[C@@H](C#N)S(=O)(=O)N1CCC[C@H](c2nc(C(C)C)cs2)C1. The van der Waals surface area contributed by atoms with Gasteiger partial charge in [0.1, 0.15) is 0 Å². The number of aromatic nitrogens is 1. The van der Waals surface area contributed by atoms with Crippen LogP contribution in [-0.2, 0) is 10.0 Å². The first kappa shape index (κ1) is 17.4. The molecule has 1 saturated heterocycles. The standard InChI is InChI=1S/C15H23N3O2S2/c1-4-13(8-16)22(19,20)18-7-5-6-12(9-18)15-17-14(10-21-15)11(2)3/h10-13H,4-7,9H2,1-3H3/t12-,13-/m0/s1. The summed E-state index contributed by atoms with van der Waals surface area (Å²) in [6, 6.07) is 1.92. The monoisotopic (exact) mass is 341 g/mol. The molecule has 0 saturated carbocycles. The van der Waals surface area contributed by atoms with Gasteiger partial charge in [0.15, 0.2) is 5.25 Å². The average Bonchev–Trinajstić information content (AvgIpc) is 2.98. The van der Waals surface area contributed by atoms with Gasteiger partial charge in [-0.1, -0.05) is 20.8 Å². The van der Waals surface area contributed by atoms with Crippen LogP contribution in [0.25, 0.3) is 0 Å². The zero-order valence-corrected chi connectivity index (χ0v) is 15.0. The minimum absolute atomic E-state index is 0.150. The molecular formula is C15H23N3O2S2. The molecule has 1 aromatic heterocycles. The number of piperidine rings is 1. The van der Waals surface area contributed by atoms with E-state index >= 15 is 0 Å². The predicted octanol–water partition coefficient (Wildman–Crippen LogP) is 3.08. The van der Waals surface area contributed by atoms with Gasteiger partial charge in [0.25, 0.3) is 0 Å². The maximum atomic E-state index is 12.5. The number of hydrogen-bond donors (Lipinski definition) is 0. The molecule has 2 atom stereocenters. The summed E-state index contributed by atoms with van der Waals surface area (Å²) in [4.78, 5) is 4.67. The van der Waals surface area contributed by atoms with Crippen LogP contribution in [0.4, 0.5) is 0 Å². The van der Waals surface area contributed by atoms with Crippen LogP contribution in [-0.4, -0.2) is 36.0 Å². The molecule has 7 heteroatoms. The maximum absolute atomic E-state index is 12.5. The number of rotatable bonds is 5. The molecule has 0 unspecified atom stereocenters. The van der Waals surface area contributed by atoms with Crippen LogP contribution in [0.1, 0.15) is 62.6 Å². The Morgan fingerprint density at radius 1 is 1.55 bits per heavy atom. The lowest BCUT2D eigenvalue weighted by Crippen LogP contribution is -2.43. The van der Waals surface area contributed by atoms with Crippen LogP contribution in [0.5, 0.6) is 0 Å². The first-order valence-corrected chi connectivity index (χ1v) is 10.1. The molecular weight excluding hydrogens is 318 g/mol. The zero-order chi connectivity index (χ0) is 16.3. The fourth-order valence-corrected chi connectivity index (χ4v) is 5.47. The van der Waals surface area contributed by atoms with Crippen LogP contribution in [0.15, 0.2) is 5.38 Å². The molecule has 1 aliphatic rings. The molecule has 22 heavy (non-hydrogen) atoms. The molecule has 2 heterocycles. The maximum Gasteiger partial charge on any atom is 0.230 e. The van der Waals surface area contributed by atoms with E-state index in [0.29, 0.717) is 25.4 Å². The second-order valence-electron chi connectivity index (χ2n) is 6.03. The molecule has 122 valence electrons. The van der Waals surface area contributed by atoms with Crippen LogP contribution in [0.3, 0.4) is 0 Å². The Labute approximate surface area is 137 Å². The summed E-state index contributed by atoms with van der Waals surface area (Å²) < 4.78 is 26.5. The van der Waals surface area contributed by atoms with E-state index in [0.717, 1.165) is 23.5 Å². The highest BCUT2D eigenvalue weighted by molar-refractivity contribution is 7.90. The van der Waals surface area contributed by atoms with Crippen LogP contribution in [0, 0.1) is 11.3 Å². The highest BCUT2D eigenvalue weighted by Gasteiger charge is 2.35. The highest BCUT2D eigenvalue weighted by atomic mass is 32.2. The van der Waals surface area contributed by atoms with E-state index in [2.05, 4.69) is 24.2 Å². The van der Waals surface area contributed by atoms with E-state index in [1.807, 2.05) is 6.07 Å². The summed E-state index contributed by atoms with van der Waals surface area (Å²) in [5.74, 6) is 0.536. The number of nitrogens with zero attached hydrogens (tertiary/aromatic N) is 3. The number of sulfonamides is 1. The third-order valence-electron chi connectivity index (χ3n) is 4.10. The van der Waals surface area contributed by atoms with Gasteiger partial charge in [-0.25, -0.2) is 17.7 Å². The van der Waals surface area contributed by atoms with Gasteiger partial charge in [-0.3, -0.25) is 0 Å². The first-order valence-electron chi connectivity index (χ1n) is 7.74. The third-order valence-corrected chi connectivity index (χ3v) is 7.33.